The predicted octanol–water partition coefficient (Wildman–Crippen LogP) is 8.92. The Labute approximate surface area is 294 Å². The summed E-state index contributed by atoms with van der Waals surface area (Å²) in [5.74, 6) is -1.05. The molecule has 16 heteroatoms. The SMILES string of the molecule is COC1(C(=O)N2CC[C@](c3ccc(C(F)(C(F)(F)F)C(F)(F)F)cc3)(S(=O)(=O)c3ccc(F)c(C)c3)C2)CCC(CO[Si](C)(C)C(C)(C)C)CC1. The van der Waals surface area contributed by atoms with Gasteiger partial charge >= 0.3 is 18.0 Å². The number of aryl methyl sites for hydroxylation is 1. The number of benzene rings is 2. The molecule has 4 rings (SSSR count). The molecule has 2 aliphatic rings. The molecule has 1 heterocycles. The number of nitrogens with zero attached hydrogens (tertiary/aromatic N) is 1. The lowest BCUT2D eigenvalue weighted by Crippen LogP contribution is -2.53. The Balaban J connectivity index is 1.69. The molecule has 0 radical (unpaired) electrons. The molecule has 286 valence electrons. The minimum atomic E-state index is -6.37. The van der Waals surface area contributed by atoms with E-state index < -0.39 is 70.4 Å². The Morgan fingerprint density at radius 3 is 1.94 bits per heavy atom. The Hall–Kier alpha value is -2.56. The van der Waals surface area contributed by atoms with Crippen LogP contribution >= 0.6 is 0 Å². The highest BCUT2D eigenvalue weighted by molar-refractivity contribution is 7.92. The maximum absolute atomic E-state index is 14.9. The third-order valence-corrected chi connectivity index (χ3v) is 18.2. The van der Waals surface area contributed by atoms with Gasteiger partial charge in [0.25, 0.3) is 5.91 Å². The van der Waals surface area contributed by atoms with Crippen molar-refractivity contribution < 1.29 is 57.5 Å². The minimum absolute atomic E-state index is 0.00903. The molecule has 0 spiro atoms. The number of amides is 1. The molecule has 6 nitrogen and oxygen atoms in total. The molecule has 0 N–H and O–H groups in total. The van der Waals surface area contributed by atoms with Crippen LogP contribution in [0.1, 0.15) is 69.6 Å². The molecule has 1 saturated heterocycles. The fraction of sp³-hybridized carbons (Fsp3) is 0.629. The molecule has 0 aromatic heterocycles. The first-order chi connectivity index (χ1) is 23.2. The van der Waals surface area contributed by atoms with E-state index in [1.165, 1.54) is 18.9 Å². The van der Waals surface area contributed by atoms with Crippen LogP contribution in [0.4, 0.5) is 35.1 Å². The van der Waals surface area contributed by atoms with E-state index in [-0.39, 0.29) is 52.1 Å². The Morgan fingerprint density at radius 2 is 1.47 bits per heavy atom. The van der Waals surface area contributed by atoms with E-state index in [2.05, 4.69) is 33.9 Å². The Morgan fingerprint density at radius 1 is 0.922 bits per heavy atom. The van der Waals surface area contributed by atoms with E-state index in [1.807, 2.05) is 0 Å². The zero-order valence-corrected chi connectivity index (χ0v) is 31.5. The van der Waals surface area contributed by atoms with Gasteiger partial charge in [0.05, 0.1) is 4.90 Å². The largest absolute Gasteiger partial charge is 0.435 e. The van der Waals surface area contributed by atoms with Crippen LogP contribution in [0.25, 0.3) is 0 Å². The third-order valence-electron chi connectivity index (χ3n) is 11.2. The van der Waals surface area contributed by atoms with Crippen LogP contribution in [-0.4, -0.2) is 72.3 Å². The van der Waals surface area contributed by atoms with Gasteiger partial charge in [0.15, 0.2) is 18.2 Å². The van der Waals surface area contributed by atoms with E-state index >= 15 is 0 Å². The lowest BCUT2D eigenvalue weighted by molar-refractivity contribution is -0.348. The van der Waals surface area contributed by atoms with Gasteiger partial charge in [0, 0.05) is 32.4 Å². The number of likely N-dealkylation sites (tertiary alicyclic amines) is 1. The average molecular weight is 772 g/mol. The summed E-state index contributed by atoms with van der Waals surface area (Å²) in [6.45, 7) is 11.9. The summed E-state index contributed by atoms with van der Waals surface area (Å²) in [7, 11) is -5.26. The van der Waals surface area contributed by atoms with Crippen molar-refractivity contribution in [1.29, 1.82) is 0 Å². The van der Waals surface area contributed by atoms with Crippen molar-refractivity contribution in [3.63, 3.8) is 0 Å². The molecule has 1 saturated carbocycles. The zero-order valence-electron chi connectivity index (χ0n) is 29.7. The second-order valence-corrected chi connectivity index (χ2v) is 22.4. The Bertz CT molecular complexity index is 1680. The maximum Gasteiger partial charge on any atom is 0.435 e. The zero-order chi connectivity index (χ0) is 38.6. The average Bonchev–Trinajstić information content (AvgIpc) is 3.50. The van der Waals surface area contributed by atoms with Gasteiger partial charge in [0.1, 0.15) is 16.2 Å². The third kappa shape index (κ3) is 7.22. The molecule has 2 fully saturated rings. The van der Waals surface area contributed by atoms with Gasteiger partial charge in [-0.15, -0.1) is 0 Å². The molecular formula is C35H45F8NO5SSi. The van der Waals surface area contributed by atoms with Gasteiger partial charge in [-0.05, 0) is 92.4 Å². The minimum Gasteiger partial charge on any atom is -0.417 e. The topological polar surface area (TPSA) is 72.9 Å². The molecule has 1 aliphatic carbocycles. The van der Waals surface area contributed by atoms with E-state index in [4.69, 9.17) is 9.16 Å². The summed E-state index contributed by atoms with van der Waals surface area (Å²) >= 11 is 0. The number of carbonyl (C=O) groups is 1. The summed E-state index contributed by atoms with van der Waals surface area (Å²) in [6, 6.07) is 4.94. The first-order valence-electron chi connectivity index (χ1n) is 16.6. The number of ether oxygens (including phenoxy) is 1. The second-order valence-electron chi connectivity index (χ2n) is 15.3. The number of hydrogen-bond donors (Lipinski definition) is 0. The molecule has 2 aromatic rings. The second kappa shape index (κ2) is 13.7. The monoisotopic (exact) mass is 771 g/mol. The highest BCUT2D eigenvalue weighted by Crippen LogP contribution is 2.54. The highest BCUT2D eigenvalue weighted by atomic mass is 32.2. The molecule has 0 bridgehead atoms. The van der Waals surface area contributed by atoms with Crippen molar-refractivity contribution in [2.45, 2.75) is 111 Å². The molecule has 1 amide bonds. The summed E-state index contributed by atoms with van der Waals surface area (Å²) in [4.78, 5) is 15.1. The standard InChI is InChI=1S/C35H45F8NO5SSi/c1-23-20-27(12-13-28(23)36)50(46,47)32(25-8-10-26(11-9-25)33(37,34(38,39)40)35(41,42)43)18-19-44(22-32)29(45)31(48-5)16-14-24(15-17-31)21-49-51(6,7)30(2,3)4/h8-13,20,24H,14-19,21-22H2,1-7H3/t24?,31?,32-/m0/s1. The van der Waals surface area contributed by atoms with Crippen LogP contribution in [-0.2, 0) is 34.2 Å². The summed E-state index contributed by atoms with van der Waals surface area (Å²) in [5.41, 5.74) is -9.10. The van der Waals surface area contributed by atoms with Gasteiger partial charge in [-0.25, -0.2) is 17.2 Å². The van der Waals surface area contributed by atoms with Crippen LogP contribution in [0.3, 0.4) is 0 Å². The molecule has 51 heavy (non-hydrogen) atoms. The van der Waals surface area contributed by atoms with Gasteiger partial charge < -0.3 is 14.1 Å². The lowest BCUT2D eigenvalue weighted by atomic mass is 9.78. The molecule has 2 aromatic carbocycles. The van der Waals surface area contributed by atoms with Crippen molar-refractivity contribution in [2.24, 2.45) is 5.92 Å². The van der Waals surface area contributed by atoms with E-state index in [1.54, 1.807) is 0 Å². The quantitative estimate of drug-likeness (QED) is 0.145. The highest BCUT2D eigenvalue weighted by Gasteiger charge is 2.73. The van der Waals surface area contributed by atoms with E-state index in [9.17, 15) is 48.3 Å². The van der Waals surface area contributed by atoms with Crippen molar-refractivity contribution in [2.75, 3.05) is 26.8 Å². The van der Waals surface area contributed by atoms with Gasteiger partial charge in [-0.2, -0.15) is 26.3 Å². The lowest BCUT2D eigenvalue weighted by Gasteiger charge is -2.42. The van der Waals surface area contributed by atoms with Crippen LogP contribution in [0.15, 0.2) is 47.4 Å². The number of rotatable bonds is 9. The fourth-order valence-corrected chi connectivity index (χ4v) is 9.96. The van der Waals surface area contributed by atoms with Gasteiger partial charge in [-0.1, -0.05) is 45.0 Å². The predicted molar refractivity (Wildman–Crippen MR) is 177 cm³/mol. The first kappa shape index (κ1) is 41.2. The van der Waals surface area contributed by atoms with Crippen LogP contribution in [0.2, 0.25) is 18.1 Å². The van der Waals surface area contributed by atoms with Crippen LogP contribution in [0.5, 0.6) is 0 Å². The summed E-state index contributed by atoms with van der Waals surface area (Å²) in [6.07, 6.45) is -11.3. The van der Waals surface area contributed by atoms with Crippen molar-refractivity contribution in [3.8, 4) is 0 Å². The maximum atomic E-state index is 14.9. The molecule has 1 atom stereocenters. The fourth-order valence-electron chi connectivity index (χ4n) is 6.71. The Kier molecular flexibility index (Phi) is 11.1. The van der Waals surface area contributed by atoms with Crippen molar-refractivity contribution >= 4 is 24.1 Å². The van der Waals surface area contributed by atoms with Crippen molar-refractivity contribution in [1.82, 2.24) is 4.90 Å². The van der Waals surface area contributed by atoms with Crippen molar-refractivity contribution in [3.05, 3.63) is 65.0 Å². The van der Waals surface area contributed by atoms with Crippen LogP contribution < -0.4 is 0 Å². The number of halogens is 8. The first-order valence-corrected chi connectivity index (χ1v) is 21.0. The molecule has 1 aliphatic heterocycles. The number of methoxy groups -OCH3 is 1. The molecular weight excluding hydrogens is 727 g/mol. The van der Waals surface area contributed by atoms with E-state index in [0.29, 0.717) is 44.4 Å². The number of hydrogen-bond acceptors (Lipinski definition) is 5. The van der Waals surface area contributed by atoms with Gasteiger partial charge in [-0.3, -0.25) is 4.79 Å². The molecule has 0 unspecified atom stereocenters. The van der Waals surface area contributed by atoms with E-state index in [0.717, 1.165) is 18.2 Å². The van der Waals surface area contributed by atoms with Gasteiger partial charge in [0.2, 0.25) is 0 Å². The smallest absolute Gasteiger partial charge is 0.417 e. The summed E-state index contributed by atoms with van der Waals surface area (Å²) < 4.78 is 149. The number of sulfone groups is 1. The summed E-state index contributed by atoms with van der Waals surface area (Å²) in [5, 5.41) is 0.00903. The normalized spacial score (nSPS) is 24.2. The number of carbonyl (C=O) groups excluding carboxylic acids is 1. The van der Waals surface area contributed by atoms with Crippen LogP contribution in [0, 0.1) is 18.7 Å². The number of alkyl halides is 7.